The van der Waals surface area contributed by atoms with E-state index in [9.17, 15) is 0 Å². The van der Waals surface area contributed by atoms with E-state index in [1.165, 1.54) is 0 Å². The predicted octanol–water partition coefficient (Wildman–Crippen LogP) is 5.04. The Morgan fingerprint density at radius 1 is 1.14 bits per heavy atom. The van der Waals surface area contributed by atoms with E-state index in [1.54, 1.807) is 12.3 Å². The fourth-order valence-electron chi connectivity index (χ4n) is 2.27. The van der Waals surface area contributed by atoms with Gasteiger partial charge in [0.15, 0.2) is 0 Å². The zero-order valence-electron chi connectivity index (χ0n) is 11.4. The van der Waals surface area contributed by atoms with Crippen LogP contribution >= 0.6 is 23.2 Å². The van der Waals surface area contributed by atoms with Crippen LogP contribution < -0.4 is 5.32 Å². The predicted molar refractivity (Wildman–Crippen MR) is 89.2 cm³/mol. The number of fused-ring (bicyclic) bond motifs is 1. The third kappa shape index (κ3) is 2.67. The van der Waals surface area contributed by atoms with Gasteiger partial charge in [0.1, 0.15) is 5.82 Å². The maximum Gasteiger partial charge on any atom is 0.145 e. The number of anilines is 1. The Hall–Kier alpha value is -1.84. The molecule has 21 heavy (non-hydrogen) atoms. The van der Waals surface area contributed by atoms with Crippen LogP contribution in [0.2, 0.25) is 10.0 Å². The van der Waals surface area contributed by atoms with E-state index in [0.29, 0.717) is 21.6 Å². The van der Waals surface area contributed by atoms with Gasteiger partial charge in [-0.25, -0.2) is 4.98 Å². The van der Waals surface area contributed by atoms with Gasteiger partial charge < -0.3 is 5.32 Å². The van der Waals surface area contributed by atoms with E-state index in [-0.39, 0.29) is 0 Å². The van der Waals surface area contributed by atoms with Gasteiger partial charge >= 0.3 is 0 Å². The first-order chi connectivity index (χ1) is 10.2. The van der Waals surface area contributed by atoms with E-state index in [2.05, 4.69) is 15.3 Å². The fraction of sp³-hybridized carbons (Fsp3) is 0.125. The van der Waals surface area contributed by atoms with E-state index < -0.39 is 0 Å². The molecular weight excluding hydrogens is 305 g/mol. The molecule has 3 aromatic rings. The fourth-order valence-corrected chi connectivity index (χ4v) is 2.79. The van der Waals surface area contributed by atoms with Crippen LogP contribution in [-0.4, -0.2) is 16.5 Å². The molecule has 0 spiro atoms. The first kappa shape index (κ1) is 14.1. The highest BCUT2D eigenvalue weighted by atomic mass is 35.5. The lowest BCUT2D eigenvalue weighted by Gasteiger charge is -2.11. The van der Waals surface area contributed by atoms with Crippen LogP contribution in [0.1, 0.15) is 6.92 Å². The van der Waals surface area contributed by atoms with Gasteiger partial charge in [-0.3, -0.25) is 4.98 Å². The molecular formula is C16H13Cl2N3. The number of halogens is 2. The number of nitrogens with one attached hydrogen (secondary N) is 1. The van der Waals surface area contributed by atoms with Crippen molar-refractivity contribution in [3.63, 3.8) is 0 Å². The SMILES string of the molecule is CCNc1nc(-c2cccc3ccncc23)c(Cl)cc1Cl. The zero-order chi connectivity index (χ0) is 14.8. The molecule has 0 saturated carbocycles. The monoisotopic (exact) mass is 317 g/mol. The van der Waals surface area contributed by atoms with Gasteiger partial charge in [-0.2, -0.15) is 0 Å². The number of rotatable bonds is 3. The van der Waals surface area contributed by atoms with Gasteiger partial charge in [-0.05, 0) is 24.4 Å². The van der Waals surface area contributed by atoms with Crippen LogP contribution in [0.4, 0.5) is 5.82 Å². The molecule has 0 unspecified atom stereocenters. The van der Waals surface area contributed by atoms with E-state index >= 15 is 0 Å². The quantitative estimate of drug-likeness (QED) is 0.735. The molecule has 3 nitrogen and oxygen atoms in total. The molecule has 0 bridgehead atoms. The molecule has 0 aliphatic rings. The molecule has 2 heterocycles. The summed E-state index contributed by atoms with van der Waals surface area (Å²) in [6, 6.07) is 9.70. The van der Waals surface area contributed by atoms with Crippen molar-refractivity contribution in [1.82, 2.24) is 9.97 Å². The van der Waals surface area contributed by atoms with Crippen LogP contribution in [0, 0.1) is 0 Å². The maximum atomic E-state index is 6.34. The zero-order valence-corrected chi connectivity index (χ0v) is 12.9. The number of pyridine rings is 2. The lowest BCUT2D eigenvalue weighted by molar-refractivity contribution is 1.16. The van der Waals surface area contributed by atoms with Crippen LogP contribution in [0.3, 0.4) is 0 Å². The molecule has 0 atom stereocenters. The molecule has 0 saturated heterocycles. The largest absolute Gasteiger partial charge is 0.369 e. The van der Waals surface area contributed by atoms with Crippen molar-refractivity contribution in [3.8, 4) is 11.3 Å². The highest BCUT2D eigenvalue weighted by Crippen LogP contribution is 2.35. The van der Waals surface area contributed by atoms with Crippen molar-refractivity contribution < 1.29 is 0 Å². The molecule has 1 aromatic carbocycles. The summed E-state index contributed by atoms with van der Waals surface area (Å²) in [5, 5.41) is 6.30. The summed E-state index contributed by atoms with van der Waals surface area (Å²) in [7, 11) is 0. The second-order valence-corrected chi connectivity index (χ2v) is 5.40. The van der Waals surface area contributed by atoms with Crippen LogP contribution in [0.5, 0.6) is 0 Å². The van der Waals surface area contributed by atoms with Gasteiger partial charge in [0.25, 0.3) is 0 Å². The van der Waals surface area contributed by atoms with Gasteiger partial charge in [0.05, 0.1) is 15.7 Å². The molecule has 3 rings (SSSR count). The van der Waals surface area contributed by atoms with Crippen molar-refractivity contribution in [2.45, 2.75) is 6.92 Å². The second kappa shape index (κ2) is 5.88. The number of benzene rings is 1. The van der Waals surface area contributed by atoms with Gasteiger partial charge in [0, 0.05) is 29.9 Å². The van der Waals surface area contributed by atoms with E-state index in [1.807, 2.05) is 37.4 Å². The van der Waals surface area contributed by atoms with E-state index in [4.69, 9.17) is 23.2 Å². The summed E-state index contributed by atoms with van der Waals surface area (Å²) < 4.78 is 0. The Kier molecular flexibility index (Phi) is 3.95. The Balaban J connectivity index is 2.25. The molecule has 1 N–H and O–H groups in total. The third-order valence-corrected chi connectivity index (χ3v) is 3.79. The Bertz CT molecular complexity index is 797. The van der Waals surface area contributed by atoms with Crippen molar-refractivity contribution >= 4 is 39.8 Å². The average Bonchev–Trinajstić information content (AvgIpc) is 2.50. The van der Waals surface area contributed by atoms with Crippen molar-refractivity contribution in [3.05, 3.63) is 52.8 Å². The van der Waals surface area contributed by atoms with Gasteiger partial charge in [-0.1, -0.05) is 41.4 Å². The molecule has 2 aromatic heterocycles. The molecule has 0 radical (unpaired) electrons. The highest BCUT2D eigenvalue weighted by molar-refractivity contribution is 6.37. The lowest BCUT2D eigenvalue weighted by atomic mass is 10.0. The van der Waals surface area contributed by atoms with Gasteiger partial charge in [-0.15, -0.1) is 0 Å². The summed E-state index contributed by atoms with van der Waals surface area (Å²) in [6.07, 6.45) is 3.59. The minimum absolute atomic E-state index is 0.518. The Morgan fingerprint density at radius 2 is 2.00 bits per heavy atom. The smallest absolute Gasteiger partial charge is 0.145 e. The normalized spacial score (nSPS) is 10.8. The van der Waals surface area contributed by atoms with Crippen LogP contribution in [-0.2, 0) is 0 Å². The summed E-state index contributed by atoms with van der Waals surface area (Å²) in [5.41, 5.74) is 1.65. The first-order valence-electron chi connectivity index (χ1n) is 6.63. The number of hydrogen-bond acceptors (Lipinski definition) is 3. The molecule has 0 fully saturated rings. The van der Waals surface area contributed by atoms with Gasteiger partial charge in [0.2, 0.25) is 0 Å². The van der Waals surface area contributed by atoms with Crippen LogP contribution in [0.15, 0.2) is 42.7 Å². The highest BCUT2D eigenvalue weighted by Gasteiger charge is 2.13. The second-order valence-electron chi connectivity index (χ2n) is 4.58. The minimum atomic E-state index is 0.518. The summed E-state index contributed by atoms with van der Waals surface area (Å²) in [5.74, 6) is 0.638. The van der Waals surface area contributed by atoms with Crippen molar-refractivity contribution in [2.24, 2.45) is 0 Å². The molecule has 0 aliphatic heterocycles. The first-order valence-corrected chi connectivity index (χ1v) is 7.39. The summed E-state index contributed by atoms with van der Waals surface area (Å²) in [6.45, 7) is 2.74. The van der Waals surface area contributed by atoms with Crippen LogP contribution in [0.25, 0.3) is 22.0 Å². The summed E-state index contributed by atoms with van der Waals surface area (Å²) in [4.78, 5) is 8.77. The number of nitrogens with zero attached hydrogens (tertiary/aromatic N) is 2. The van der Waals surface area contributed by atoms with Crippen molar-refractivity contribution in [2.75, 3.05) is 11.9 Å². The average molecular weight is 318 g/mol. The standard InChI is InChI=1S/C16H13Cl2N3/c1-2-20-16-14(18)8-13(17)15(21-16)11-5-3-4-10-6-7-19-9-12(10)11/h3-9H,2H2,1H3,(H,20,21). The molecule has 106 valence electrons. The summed E-state index contributed by atoms with van der Waals surface area (Å²) >= 11 is 12.5. The van der Waals surface area contributed by atoms with E-state index in [0.717, 1.165) is 22.9 Å². The molecule has 0 amide bonds. The topological polar surface area (TPSA) is 37.8 Å². The molecule has 0 aliphatic carbocycles. The number of aromatic nitrogens is 2. The third-order valence-electron chi connectivity index (χ3n) is 3.21. The lowest BCUT2D eigenvalue weighted by Crippen LogP contribution is -2.01. The Labute approximate surface area is 132 Å². The molecule has 5 heteroatoms. The number of hydrogen-bond donors (Lipinski definition) is 1. The maximum absolute atomic E-state index is 6.34. The van der Waals surface area contributed by atoms with Crippen molar-refractivity contribution in [1.29, 1.82) is 0 Å². The minimum Gasteiger partial charge on any atom is -0.369 e. The Morgan fingerprint density at radius 3 is 2.81 bits per heavy atom.